The monoisotopic (exact) mass is 462 g/mol. The van der Waals surface area contributed by atoms with E-state index in [1.165, 1.54) is 12.5 Å². The highest BCUT2D eigenvalue weighted by molar-refractivity contribution is 5.72. The fourth-order valence-corrected chi connectivity index (χ4v) is 5.40. The summed E-state index contributed by atoms with van der Waals surface area (Å²) in [5, 5.41) is 9.93. The summed E-state index contributed by atoms with van der Waals surface area (Å²) in [5.41, 5.74) is 1.21. The number of hydrogen-bond donors (Lipinski definition) is 1. The van der Waals surface area contributed by atoms with Crippen LogP contribution in [0.3, 0.4) is 0 Å². The van der Waals surface area contributed by atoms with Gasteiger partial charge in [-0.1, -0.05) is 39.0 Å². The van der Waals surface area contributed by atoms with Gasteiger partial charge in [0.1, 0.15) is 12.2 Å². The molecule has 0 saturated carbocycles. The van der Waals surface area contributed by atoms with E-state index in [1.54, 1.807) is 6.92 Å². The van der Waals surface area contributed by atoms with Gasteiger partial charge in [0.15, 0.2) is 0 Å². The van der Waals surface area contributed by atoms with E-state index in [0.717, 1.165) is 12.8 Å². The van der Waals surface area contributed by atoms with Crippen LogP contribution in [0.5, 0.6) is 0 Å². The SMILES string of the molecule is CC(=O)OCCC(C)C(=O)OC1CC(C)C=C2C=CC(C)C(CCC3CC(O)CC(=O)O3)C21. The molecule has 7 heteroatoms. The summed E-state index contributed by atoms with van der Waals surface area (Å²) < 4.78 is 16.5. The third-order valence-corrected chi connectivity index (χ3v) is 7.18. The van der Waals surface area contributed by atoms with E-state index in [2.05, 4.69) is 32.1 Å². The van der Waals surface area contributed by atoms with Gasteiger partial charge in [-0.2, -0.15) is 0 Å². The van der Waals surface area contributed by atoms with E-state index in [4.69, 9.17) is 14.2 Å². The zero-order valence-electron chi connectivity index (χ0n) is 20.2. The first-order valence-corrected chi connectivity index (χ1v) is 12.2. The van der Waals surface area contributed by atoms with Crippen LogP contribution in [0.2, 0.25) is 0 Å². The summed E-state index contributed by atoms with van der Waals surface area (Å²) >= 11 is 0. The molecule has 7 nitrogen and oxygen atoms in total. The van der Waals surface area contributed by atoms with Crippen LogP contribution >= 0.6 is 0 Å². The Morgan fingerprint density at radius 1 is 1.24 bits per heavy atom. The highest BCUT2D eigenvalue weighted by Gasteiger charge is 2.42. The van der Waals surface area contributed by atoms with Gasteiger partial charge in [0.05, 0.1) is 25.0 Å². The number of fused-ring (bicyclic) bond motifs is 1. The molecule has 1 N–H and O–H groups in total. The molecule has 1 heterocycles. The summed E-state index contributed by atoms with van der Waals surface area (Å²) in [6.45, 7) is 7.68. The molecule has 3 rings (SSSR count). The number of aliphatic hydroxyl groups excluding tert-OH is 1. The Hall–Kier alpha value is -2.15. The highest BCUT2D eigenvalue weighted by atomic mass is 16.6. The minimum absolute atomic E-state index is 0.0696. The molecule has 33 heavy (non-hydrogen) atoms. The second-order valence-corrected chi connectivity index (χ2v) is 10.1. The molecule has 0 aromatic rings. The molecule has 0 aromatic carbocycles. The maximum atomic E-state index is 12.8. The molecule has 0 amide bonds. The van der Waals surface area contributed by atoms with Gasteiger partial charge in [-0.05, 0) is 49.0 Å². The minimum Gasteiger partial charge on any atom is -0.466 e. The molecular weight excluding hydrogens is 424 g/mol. The van der Waals surface area contributed by atoms with Crippen molar-refractivity contribution < 1.29 is 33.7 Å². The van der Waals surface area contributed by atoms with Crippen molar-refractivity contribution in [3.63, 3.8) is 0 Å². The number of hydrogen-bond acceptors (Lipinski definition) is 7. The Kier molecular flexibility index (Phi) is 8.74. The molecule has 1 saturated heterocycles. The molecular formula is C26H38O7. The van der Waals surface area contributed by atoms with Gasteiger partial charge in [-0.15, -0.1) is 0 Å². The predicted molar refractivity (Wildman–Crippen MR) is 122 cm³/mol. The quantitative estimate of drug-likeness (QED) is 0.433. The highest BCUT2D eigenvalue weighted by Crippen LogP contribution is 2.45. The Morgan fingerprint density at radius 2 is 2.00 bits per heavy atom. The minimum atomic E-state index is -0.631. The zero-order valence-corrected chi connectivity index (χ0v) is 20.2. The fourth-order valence-electron chi connectivity index (χ4n) is 5.40. The van der Waals surface area contributed by atoms with Crippen molar-refractivity contribution in [1.29, 1.82) is 0 Å². The van der Waals surface area contributed by atoms with Crippen LogP contribution in [0.15, 0.2) is 23.8 Å². The largest absolute Gasteiger partial charge is 0.466 e. The standard InChI is InChI=1S/C26H38O7/c1-15-11-19-6-5-16(2)22(8-7-21-13-20(28)14-24(29)32-21)25(19)23(12-15)33-26(30)17(3)9-10-31-18(4)27/h5-6,11,15-17,20-23,25,28H,7-10,12-14H2,1-4H3. The number of esters is 3. The first-order valence-electron chi connectivity index (χ1n) is 12.2. The van der Waals surface area contributed by atoms with Crippen molar-refractivity contribution in [3.05, 3.63) is 23.8 Å². The molecule has 1 fully saturated rings. The molecule has 0 radical (unpaired) electrons. The van der Waals surface area contributed by atoms with Gasteiger partial charge in [0.25, 0.3) is 0 Å². The van der Waals surface area contributed by atoms with Crippen molar-refractivity contribution in [2.45, 2.75) is 84.5 Å². The molecule has 2 aliphatic carbocycles. The lowest BCUT2D eigenvalue weighted by molar-refractivity contribution is -0.162. The summed E-state index contributed by atoms with van der Waals surface area (Å²) in [6, 6.07) is 0. The number of carbonyl (C=O) groups excluding carboxylic acids is 3. The van der Waals surface area contributed by atoms with Gasteiger partial charge in [-0.3, -0.25) is 14.4 Å². The number of allylic oxidation sites excluding steroid dienone is 3. The van der Waals surface area contributed by atoms with Crippen molar-refractivity contribution in [1.82, 2.24) is 0 Å². The average molecular weight is 463 g/mol. The average Bonchev–Trinajstić information content (AvgIpc) is 2.72. The number of carbonyl (C=O) groups is 3. The van der Waals surface area contributed by atoms with Crippen LogP contribution in [0.25, 0.3) is 0 Å². The summed E-state index contributed by atoms with van der Waals surface area (Å²) in [4.78, 5) is 35.6. The molecule has 0 spiro atoms. The predicted octanol–water partition coefficient (Wildman–Crippen LogP) is 3.74. The summed E-state index contributed by atoms with van der Waals surface area (Å²) in [5.74, 6) is -0.356. The third kappa shape index (κ3) is 6.92. The molecule has 8 atom stereocenters. The van der Waals surface area contributed by atoms with Crippen LogP contribution in [-0.2, 0) is 28.6 Å². The van der Waals surface area contributed by atoms with Crippen molar-refractivity contribution in [3.8, 4) is 0 Å². The number of ether oxygens (including phenoxy) is 3. The zero-order chi connectivity index (χ0) is 24.1. The van der Waals surface area contributed by atoms with E-state index in [9.17, 15) is 19.5 Å². The topological polar surface area (TPSA) is 99.1 Å². The molecule has 8 unspecified atom stereocenters. The Balaban J connectivity index is 1.67. The maximum absolute atomic E-state index is 12.8. The number of cyclic esters (lactones) is 1. The van der Waals surface area contributed by atoms with E-state index >= 15 is 0 Å². The van der Waals surface area contributed by atoms with Crippen molar-refractivity contribution in [2.75, 3.05) is 6.61 Å². The lowest BCUT2D eigenvalue weighted by atomic mass is 9.65. The van der Waals surface area contributed by atoms with E-state index < -0.39 is 6.10 Å². The van der Waals surface area contributed by atoms with Crippen LogP contribution in [0.4, 0.5) is 0 Å². The summed E-state index contributed by atoms with van der Waals surface area (Å²) in [7, 11) is 0. The second kappa shape index (κ2) is 11.3. The van der Waals surface area contributed by atoms with Gasteiger partial charge >= 0.3 is 17.9 Å². The fraction of sp³-hybridized carbons (Fsp3) is 0.731. The normalized spacial score (nSPS) is 34.5. The molecule has 0 bridgehead atoms. The van der Waals surface area contributed by atoms with Gasteiger partial charge in [0, 0.05) is 19.3 Å². The van der Waals surface area contributed by atoms with Crippen LogP contribution < -0.4 is 0 Å². The second-order valence-electron chi connectivity index (χ2n) is 10.1. The Bertz CT molecular complexity index is 786. The smallest absolute Gasteiger partial charge is 0.309 e. The lowest BCUT2D eigenvalue weighted by Crippen LogP contribution is -2.42. The Morgan fingerprint density at radius 3 is 2.70 bits per heavy atom. The molecule has 0 aromatic heterocycles. The van der Waals surface area contributed by atoms with Crippen LogP contribution in [0, 0.1) is 29.6 Å². The van der Waals surface area contributed by atoms with Gasteiger partial charge in [-0.25, -0.2) is 0 Å². The van der Waals surface area contributed by atoms with E-state index in [-0.39, 0.29) is 60.9 Å². The molecule has 1 aliphatic heterocycles. The Labute approximate surface area is 196 Å². The van der Waals surface area contributed by atoms with Crippen LogP contribution in [0.1, 0.15) is 66.2 Å². The first-order chi connectivity index (χ1) is 15.6. The number of aliphatic hydroxyl groups is 1. The maximum Gasteiger partial charge on any atom is 0.309 e. The molecule has 184 valence electrons. The molecule has 3 aliphatic rings. The third-order valence-electron chi connectivity index (χ3n) is 7.18. The van der Waals surface area contributed by atoms with Gasteiger partial charge in [0.2, 0.25) is 0 Å². The van der Waals surface area contributed by atoms with Gasteiger partial charge < -0.3 is 19.3 Å². The number of rotatable bonds is 8. The van der Waals surface area contributed by atoms with Crippen LogP contribution in [-0.4, -0.2) is 47.9 Å². The summed E-state index contributed by atoms with van der Waals surface area (Å²) in [6.07, 6.45) is 8.79. The van der Waals surface area contributed by atoms with Crippen molar-refractivity contribution in [2.24, 2.45) is 29.6 Å². The first kappa shape index (κ1) is 25.5. The lowest BCUT2D eigenvalue weighted by Gasteiger charge is -2.43. The van der Waals surface area contributed by atoms with E-state index in [0.29, 0.717) is 31.1 Å². The van der Waals surface area contributed by atoms with E-state index in [1.807, 2.05) is 0 Å². The van der Waals surface area contributed by atoms with Crippen molar-refractivity contribution >= 4 is 17.9 Å².